The van der Waals surface area contributed by atoms with E-state index in [0.29, 0.717) is 31.2 Å². The van der Waals surface area contributed by atoms with E-state index < -0.39 is 11.7 Å². The molecule has 1 nitrogen and oxygen atoms in total. The minimum Gasteiger partial charge on any atom is -0.393 e. The van der Waals surface area contributed by atoms with E-state index >= 15 is 0 Å². The van der Waals surface area contributed by atoms with Gasteiger partial charge in [0.25, 0.3) is 0 Å². The van der Waals surface area contributed by atoms with Crippen molar-refractivity contribution >= 4 is 0 Å². The van der Waals surface area contributed by atoms with Crippen molar-refractivity contribution in [2.45, 2.75) is 43.9 Å². The van der Waals surface area contributed by atoms with Crippen molar-refractivity contribution < 1.29 is 18.3 Å². The molecule has 0 aliphatic heterocycles. The fourth-order valence-electron chi connectivity index (χ4n) is 2.50. The third-order valence-corrected chi connectivity index (χ3v) is 3.40. The fraction of sp³-hybridized carbons (Fsp3) is 0.538. The molecule has 4 heteroatoms. The van der Waals surface area contributed by atoms with Crippen molar-refractivity contribution in [2.24, 2.45) is 0 Å². The van der Waals surface area contributed by atoms with E-state index in [-0.39, 0.29) is 12.0 Å². The van der Waals surface area contributed by atoms with Gasteiger partial charge < -0.3 is 5.11 Å². The van der Waals surface area contributed by atoms with Crippen LogP contribution in [0, 0.1) is 0 Å². The zero-order valence-electron chi connectivity index (χ0n) is 9.37. The average Bonchev–Trinajstić information content (AvgIpc) is 2.29. The molecule has 2 rings (SSSR count). The fourth-order valence-corrected chi connectivity index (χ4v) is 2.50. The molecule has 1 saturated carbocycles. The van der Waals surface area contributed by atoms with Gasteiger partial charge in [0, 0.05) is 0 Å². The van der Waals surface area contributed by atoms with Crippen molar-refractivity contribution in [2.75, 3.05) is 0 Å². The van der Waals surface area contributed by atoms with Crippen LogP contribution in [0.1, 0.15) is 42.7 Å². The minimum absolute atomic E-state index is 0.0729. The van der Waals surface area contributed by atoms with Gasteiger partial charge in [-0.2, -0.15) is 13.2 Å². The number of benzene rings is 1. The second-order valence-corrected chi connectivity index (χ2v) is 4.59. The lowest BCUT2D eigenvalue weighted by Crippen LogP contribution is -2.19. The minimum atomic E-state index is -4.29. The topological polar surface area (TPSA) is 20.2 Å². The molecule has 1 aromatic rings. The second kappa shape index (κ2) is 4.69. The molecule has 17 heavy (non-hydrogen) atoms. The molecular weight excluding hydrogens is 229 g/mol. The van der Waals surface area contributed by atoms with Crippen LogP contribution in [0.3, 0.4) is 0 Å². The highest BCUT2D eigenvalue weighted by Gasteiger charge is 2.35. The Morgan fingerprint density at radius 2 is 1.59 bits per heavy atom. The summed E-state index contributed by atoms with van der Waals surface area (Å²) in [5, 5.41) is 9.38. The van der Waals surface area contributed by atoms with Gasteiger partial charge in [-0.15, -0.1) is 0 Å². The van der Waals surface area contributed by atoms with E-state index in [0.717, 1.165) is 6.07 Å². The monoisotopic (exact) mass is 244 g/mol. The summed E-state index contributed by atoms with van der Waals surface area (Å²) in [5.74, 6) is -0.0729. The third-order valence-electron chi connectivity index (χ3n) is 3.40. The van der Waals surface area contributed by atoms with Crippen LogP contribution < -0.4 is 0 Å². The smallest absolute Gasteiger partial charge is 0.393 e. The van der Waals surface area contributed by atoms with E-state index in [4.69, 9.17) is 0 Å². The molecule has 1 aromatic carbocycles. The molecule has 0 aromatic heterocycles. The highest BCUT2D eigenvalue weighted by molar-refractivity contribution is 5.33. The van der Waals surface area contributed by atoms with Crippen LogP contribution in [-0.2, 0) is 6.18 Å². The Balaban J connectivity index is 2.26. The van der Waals surface area contributed by atoms with Gasteiger partial charge in [0.1, 0.15) is 0 Å². The van der Waals surface area contributed by atoms with Crippen molar-refractivity contribution in [3.05, 3.63) is 35.4 Å². The van der Waals surface area contributed by atoms with Crippen LogP contribution in [0.25, 0.3) is 0 Å². The van der Waals surface area contributed by atoms with E-state index in [1.807, 2.05) is 0 Å². The Labute approximate surface area is 98.3 Å². The molecule has 1 aliphatic rings. The predicted octanol–water partition coefficient (Wildman–Crippen LogP) is 3.72. The summed E-state index contributed by atoms with van der Waals surface area (Å²) in [6.07, 6.45) is -2.17. The summed E-state index contributed by atoms with van der Waals surface area (Å²) >= 11 is 0. The Hall–Kier alpha value is -1.03. The lowest BCUT2D eigenvalue weighted by Gasteiger charge is -2.27. The number of hydrogen-bond donors (Lipinski definition) is 1. The molecule has 0 atom stereocenters. The SMILES string of the molecule is OC1CCC(c2ccccc2C(F)(F)F)CC1. The van der Waals surface area contributed by atoms with Crippen LogP contribution in [0.15, 0.2) is 24.3 Å². The molecule has 0 spiro atoms. The zero-order chi connectivity index (χ0) is 12.5. The van der Waals surface area contributed by atoms with Gasteiger partial charge in [0.05, 0.1) is 11.7 Å². The number of alkyl halides is 3. The molecule has 0 amide bonds. The van der Waals surface area contributed by atoms with Crippen LogP contribution in [0.2, 0.25) is 0 Å². The Kier molecular flexibility index (Phi) is 3.43. The number of rotatable bonds is 1. The van der Waals surface area contributed by atoms with E-state index in [1.54, 1.807) is 12.1 Å². The maximum Gasteiger partial charge on any atom is 0.416 e. The Morgan fingerprint density at radius 3 is 2.18 bits per heavy atom. The van der Waals surface area contributed by atoms with Gasteiger partial charge in [-0.1, -0.05) is 18.2 Å². The quantitative estimate of drug-likeness (QED) is 0.798. The summed E-state index contributed by atoms with van der Waals surface area (Å²) < 4.78 is 38.5. The molecule has 1 N–H and O–H groups in total. The first kappa shape index (κ1) is 12.4. The van der Waals surface area contributed by atoms with E-state index in [1.165, 1.54) is 6.07 Å². The highest BCUT2D eigenvalue weighted by atomic mass is 19.4. The Morgan fingerprint density at radius 1 is 1.00 bits per heavy atom. The first-order valence-corrected chi connectivity index (χ1v) is 5.82. The molecule has 1 fully saturated rings. The van der Waals surface area contributed by atoms with Crippen molar-refractivity contribution in [3.8, 4) is 0 Å². The molecule has 0 bridgehead atoms. The summed E-state index contributed by atoms with van der Waals surface area (Å²) in [6, 6.07) is 5.77. The summed E-state index contributed by atoms with van der Waals surface area (Å²) in [4.78, 5) is 0. The molecule has 0 heterocycles. The normalized spacial score (nSPS) is 25.9. The standard InChI is InChI=1S/C13H15F3O/c14-13(15,16)12-4-2-1-3-11(12)9-5-7-10(17)8-6-9/h1-4,9-10,17H,5-8H2. The highest BCUT2D eigenvalue weighted by Crippen LogP contribution is 2.40. The van der Waals surface area contributed by atoms with Gasteiger partial charge in [0.2, 0.25) is 0 Å². The van der Waals surface area contributed by atoms with Gasteiger partial charge in [-0.05, 0) is 43.2 Å². The first-order valence-electron chi connectivity index (χ1n) is 5.82. The zero-order valence-corrected chi connectivity index (χ0v) is 9.37. The van der Waals surface area contributed by atoms with Crippen LogP contribution in [-0.4, -0.2) is 11.2 Å². The molecular formula is C13H15F3O. The van der Waals surface area contributed by atoms with Crippen LogP contribution in [0.5, 0.6) is 0 Å². The molecule has 0 unspecified atom stereocenters. The average molecular weight is 244 g/mol. The number of aliphatic hydroxyl groups excluding tert-OH is 1. The van der Waals surface area contributed by atoms with Gasteiger partial charge in [0.15, 0.2) is 0 Å². The second-order valence-electron chi connectivity index (χ2n) is 4.59. The lowest BCUT2D eigenvalue weighted by molar-refractivity contribution is -0.138. The number of hydrogen-bond acceptors (Lipinski definition) is 1. The molecule has 94 valence electrons. The molecule has 0 radical (unpaired) electrons. The van der Waals surface area contributed by atoms with Crippen molar-refractivity contribution in [1.29, 1.82) is 0 Å². The third kappa shape index (κ3) is 2.80. The molecule has 1 aliphatic carbocycles. The van der Waals surface area contributed by atoms with Crippen molar-refractivity contribution in [1.82, 2.24) is 0 Å². The summed E-state index contributed by atoms with van der Waals surface area (Å²) in [7, 11) is 0. The van der Waals surface area contributed by atoms with Crippen molar-refractivity contribution in [3.63, 3.8) is 0 Å². The summed E-state index contributed by atoms with van der Waals surface area (Å²) in [5.41, 5.74) is -0.145. The maximum atomic E-state index is 12.8. The van der Waals surface area contributed by atoms with E-state index in [2.05, 4.69) is 0 Å². The van der Waals surface area contributed by atoms with E-state index in [9.17, 15) is 18.3 Å². The lowest BCUT2D eigenvalue weighted by atomic mass is 9.81. The predicted molar refractivity (Wildman–Crippen MR) is 58.7 cm³/mol. The molecule has 0 saturated heterocycles. The maximum absolute atomic E-state index is 12.8. The van der Waals surface area contributed by atoms with Crippen LogP contribution in [0.4, 0.5) is 13.2 Å². The Bertz CT molecular complexity index is 378. The van der Waals surface area contributed by atoms with Gasteiger partial charge in [-0.3, -0.25) is 0 Å². The largest absolute Gasteiger partial charge is 0.416 e. The number of aliphatic hydroxyl groups is 1. The van der Waals surface area contributed by atoms with Gasteiger partial charge in [-0.25, -0.2) is 0 Å². The first-order chi connectivity index (χ1) is 7.98. The summed E-state index contributed by atoms with van der Waals surface area (Å²) in [6.45, 7) is 0. The number of halogens is 3. The van der Waals surface area contributed by atoms with Gasteiger partial charge >= 0.3 is 6.18 Å². The van der Waals surface area contributed by atoms with Crippen LogP contribution >= 0.6 is 0 Å².